The maximum atomic E-state index is 13.3. The number of rotatable bonds is 6. The van der Waals surface area contributed by atoms with Crippen molar-refractivity contribution >= 4 is 39.1 Å². The zero-order valence-corrected chi connectivity index (χ0v) is 17.1. The van der Waals surface area contributed by atoms with Gasteiger partial charge in [0.25, 0.3) is 5.56 Å². The van der Waals surface area contributed by atoms with Crippen molar-refractivity contribution in [3.63, 3.8) is 0 Å². The van der Waals surface area contributed by atoms with Crippen LogP contribution in [0.25, 0.3) is 21.3 Å². The molecule has 7 heteroatoms. The predicted octanol–water partition coefficient (Wildman–Crippen LogP) is 4.82. The summed E-state index contributed by atoms with van der Waals surface area (Å²) >= 11 is 7.71. The molecule has 3 aromatic rings. The number of benzene rings is 1. The Labute approximate surface area is 166 Å². The molecule has 0 saturated heterocycles. The number of carbonyl (C=O) groups is 1. The molecule has 0 aliphatic rings. The van der Waals surface area contributed by atoms with Crippen LogP contribution in [0.1, 0.15) is 36.0 Å². The van der Waals surface area contributed by atoms with Gasteiger partial charge in [0.15, 0.2) is 0 Å². The molecule has 1 aromatic carbocycles. The molecular formula is C20H21ClN2O3S. The standard InChI is InChI=1S/C20H21ClN2O3S/c1-4-15-17(13-7-8-14(21)11(2)10-13)18-19(27-15)22-12(3)23(20(18)26)9-5-6-16(24)25/h7-8,10H,4-6,9H2,1-3H3,(H,24,25). The number of hydrogen-bond acceptors (Lipinski definition) is 4. The summed E-state index contributed by atoms with van der Waals surface area (Å²) < 4.78 is 1.59. The van der Waals surface area contributed by atoms with E-state index in [-0.39, 0.29) is 12.0 Å². The first-order valence-corrected chi connectivity index (χ1v) is 10.0. The highest BCUT2D eigenvalue weighted by Gasteiger charge is 2.20. The van der Waals surface area contributed by atoms with Gasteiger partial charge in [-0.2, -0.15) is 0 Å². The molecule has 2 heterocycles. The molecule has 142 valence electrons. The minimum Gasteiger partial charge on any atom is -0.481 e. The molecule has 0 radical (unpaired) electrons. The molecular weight excluding hydrogens is 384 g/mol. The highest BCUT2D eigenvalue weighted by molar-refractivity contribution is 7.19. The smallest absolute Gasteiger partial charge is 0.303 e. The number of aryl methyl sites for hydroxylation is 3. The molecule has 5 nitrogen and oxygen atoms in total. The van der Waals surface area contributed by atoms with Crippen LogP contribution in [0.5, 0.6) is 0 Å². The number of carboxylic acid groups (broad SMARTS) is 1. The molecule has 0 aliphatic heterocycles. The number of hydrogen-bond donors (Lipinski definition) is 1. The van der Waals surface area contributed by atoms with Crippen molar-refractivity contribution in [1.82, 2.24) is 9.55 Å². The van der Waals surface area contributed by atoms with Crippen LogP contribution in [0, 0.1) is 13.8 Å². The normalized spacial score (nSPS) is 11.3. The minimum atomic E-state index is -0.865. The number of nitrogens with zero attached hydrogens (tertiary/aromatic N) is 2. The van der Waals surface area contributed by atoms with E-state index in [1.54, 1.807) is 22.8 Å². The number of halogens is 1. The third kappa shape index (κ3) is 3.77. The fourth-order valence-electron chi connectivity index (χ4n) is 3.24. The molecule has 1 N–H and O–H groups in total. The Morgan fingerprint density at radius 2 is 2.07 bits per heavy atom. The van der Waals surface area contributed by atoms with E-state index in [0.29, 0.717) is 29.2 Å². The van der Waals surface area contributed by atoms with Crippen molar-refractivity contribution in [2.24, 2.45) is 0 Å². The molecule has 0 unspecified atom stereocenters. The van der Waals surface area contributed by atoms with Crippen LogP contribution < -0.4 is 5.56 Å². The van der Waals surface area contributed by atoms with Gasteiger partial charge in [0.1, 0.15) is 10.7 Å². The minimum absolute atomic E-state index is 0.0248. The monoisotopic (exact) mass is 404 g/mol. The van der Waals surface area contributed by atoms with Crippen LogP contribution in [0.4, 0.5) is 0 Å². The number of carboxylic acids is 1. The van der Waals surface area contributed by atoms with Crippen molar-refractivity contribution in [2.75, 3.05) is 0 Å². The molecule has 0 amide bonds. The van der Waals surface area contributed by atoms with E-state index < -0.39 is 5.97 Å². The van der Waals surface area contributed by atoms with Crippen molar-refractivity contribution in [3.8, 4) is 11.1 Å². The Morgan fingerprint density at radius 3 is 2.70 bits per heavy atom. The van der Waals surface area contributed by atoms with Crippen LogP contribution >= 0.6 is 22.9 Å². The number of aromatic nitrogens is 2. The van der Waals surface area contributed by atoms with E-state index in [4.69, 9.17) is 16.7 Å². The lowest BCUT2D eigenvalue weighted by molar-refractivity contribution is -0.137. The third-order valence-corrected chi connectivity index (χ3v) is 6.27. The SMILES string of the molecule is CCc1sc2nc(C)n(CCCC(=O)O)c(=O)c2c1-c1ccc(Cl)c(C)c1. The van der Waals surface area contributed by atoms with Crippen LogP contribution in [0.15, 0.2) is 23.0 Å². The van der Waals surface area contributed by atoms with Crippen molar-refractivity contribution in [1.29, 1.82) is 0 Å². The molecule has 0 bridgehead atoms. The lowest BCUT2D eigenvalue weighted by Crippen LogP contribution is -2.24. The van der Waals surface area contributed by atoms with E-state index in [0.717, 1.165) is 32.8 Å². The third-order valence-electron chi connectivity index (χ3n) is 4.62. The van der Waals surface area contributed by atoms with Crippen LogP contribution in [0.3, 0.4) is 0 Å². The van der Waals surface area contributed by atoms with E-state index in [1.807, 2.05) is 25.1 Å². The fourth-order valence-corrected chi connectivity index (χ4v) is 4.52. The summed E-state index contributed by atoms with van der Waals surface area (Å²) in [5.41, 5.74) is 2.72. The largest absolute Gasteiger partial charge is 0.481 e. The second-order valence-electron chi connectivity index (χ2n) is 6.51. The second kappa shape index (κ2) is 7.82. The van der Waals surface area contributed by atoms with Crippen molar-refractivity contribution < 1.29 is 9.90 Å². The number of aliphatic carboxylic acids is 1. The van der Waals surface area contributed by atoms with Gasteiger partial charge in [-0.3, -0.25) is 14.2 Å². The maximum Gasteiger partial charge on any atom is 0.303 e. The first kappa shape index (κ1) is 19.6. The molecule has 2 aromatic heterocycles. The molecule has 27 heavy (non-hydrogen) atoms. The van der Waals surface area contributed by atoms with Gasteiger partial charge in [-0.05, 0) is 49.9 Å². The summed E-state index contributed by atoms with van der Waals surface area (Å²) in [7, 11) is 0. The molecule has 0 fully saturated rings. The Morgan fingerprint density at radius 1 is 1.33 bits per heavy atom. The quantitative estimate of drug-likeness (QED) is 0.639. The Hall–Kier alpha value is -2.18. The summed E-state index contributed by atoms with van der Waals surface area (Å²) in [6, 6.07) is 5.78. The zero-order valence-electron chi connectivity index (χ0n) is 15.5. The summed E-state index contributed by atoms with van der Waals surface area (Å²) in [5, 5.41) is 10.2. The van der Waals surface area contributed by atoms with E-state index in [1.165, 1.54) is 0 Å². The predicted molar refractivity (Wildman–Crippen MR) is 110 cm³/mol. The highest BCUT2D eigenvalue weighted by atomic mass is 35.5. The number of thiophene rings is 1. The average Bonchev–Trinajstić information content (AvgIpc) is 2.98. The highest BCUT2D eigenvalue weighted by Crippen LogP contribution is 2.37. The molecule has 0 aliphatic carbocycles. The Bertz CT molecular complexity index is 1090. The van der Waals surface area contributed by atoms with Crippen molar-refractivity contribution in [2.45, 2.75) is 46.6 Å². The van der Waals surface area contributed by atoms with Gasteiger partial charge in [0.05, 0.1) is 5.39 Å². The van der Waals surface area contributed by atoms with Gasteiger partial charge < -0.3 is 5.11 Å². The van der Waals surface area contributed by atoms with E-state index >= 15 is 0 Å². The summed E-state index contributed by atoms with van der Waals surface area (Å²) in [6.07, 6.45) is 1.22. The topological polar surface area (TPSA) is 72.2 Å². The second-order valence-corrected chi connectivity index (χ2v) is 8.00. The van der Waals surface area contributed by atoms with Crippen LogP contribution in [-0.4, -0.2) is 20.6 Å². The van der Waals surface area contributed by atoms with Crippen molar-refractivity contribution in [3.05, 3.63) is 49.8 Å². The van der Waals surface area contributed by atoms with Gasteiger partial charge in [-0.1, -0.05) is 24.6 Å². The van der Waals surface area contributed by atoms with Gasteiger partial charge in [-0.15, -0.1) is 11.3 Å². The van der Waals surface area contributed by atoms with Gasteiger partial charge in [-0.25, -0.2) is 4.98 Å². The van der Waals surface area contributed by atoms with E-state index in [9.17, 15) is 9.59 Å². The molecule has 0 atom stereocenters. The van der Waals surface area contributed by atoms with Gasteiger partial charge in [0, 0.05) is 28.4 Å². The molecule has 0 saturated carbocycles. The molecule has 3 rings (SSSR count). The average molecular weight is 405 g/mol. The Kier molecular flexibility index (Phi) is 5.67. The van der Waals surface area contributed by atoms with Crippen LogP contribution in [0.2, 0.25) is 5.02 Å². The first-order valence-electron chi connectivity index (χ1n) is 8.84. The van der Waals surface area contributed by atoms with Gasteiger partial charge >= 0.3 is 5.97 Å². The lowest BCUT2D eigenvalue weighted by Gasteiger charge is -2.10. The van der Waals surface area contributed by atoms with Gasteiger partial charge in [0.2, 0.25) is 0 Å². The van der Waals surface area contributed by atoms with Crippen LogP contribution in [-0.2, 0) is 17.8 Å². The zero-order chi connectivity index (χ0) is 19.7. The first-order chi connectivity index (χ1) is 12.8. The summed E-state index contributed by atoms with van der Waals surface area (Å²) in [4.78, 5) is 30.5. The maximum absolute atomic E-state index is 13.3. The molecule has 0 spiro atoms. The summed E-state index contributed by atoms with van der Waals surface area (Å²) in [6.45, 7) is 6.14. The summed E-state index contributed by atoms with van der Waals surface area (Å²) in [5.74, 6) is -0.253. The lowest BCUT2D eigenvalue weighted by atomic mass is 10.0. The fraction of sp³-hybridized carbons (Fsp3) is 0.350. The Balaban J connectivity index is 2.21. The van der Waals surface area contributed by atoms with E-state index in [2.05, 4.69) is 11.9 Å². The number of fused-ring (bicyclic) bond motifs is 1.